The molecule has 13 heteroatoms. The molecule has 2 heterocycles. The highest BCUT2D eigenvalue weighted by molar-refractivity contribution is 5.87. The van der Waals surface area contributed by atoms with Crippen LogP contribution in [-0.2, 0) is 39.6 Å². The van der Waals surface area contributed by atoms with E-state index in [1.54, 1.807) is 0 Å². The number of benzene rings is 1. The van der Waals surface area contributed by atoms with Crippen molar-refractivity contribution in [3.63, 3.8) is 0 Å². The number of hydrogen-bond donors (Lipinski definition) is 3. The number of nitrogens with one attached hydrogen (secondary N) is 2. The number of nitrogens with zero attached hydrogens (tertiary/aromatic N) is 1. The Balaban J connectivity index is 1.13. The Labute approximate surface area is 253 Å². The normalized spacial score (nSPS) is 20.6. The van der Waals surface area contributed by atoms with Crippen LogP contribution in [0.15, 0.2) is 24.3 Å². The smallest absolute Gasteiger partial charge is 0.411 e. The molecule has 2 saturated heterocycles. The molecule has 0 aliphatic carbocycles. The number of cyclic esters (lactones) is 1. The average molecular weight is 610 g/mol. The van der Waals surface area contributed by atoms with Crippen molar-refractivity contribution in [1.29, 1.82) is 0 Å². The van der Waals surface area contributed by atoms with E-state index in [-0.39, 0.29) is 5.91 Å². The topological polar surface area (TPSA) is 154 Å². The van der Waals surface area contributed by atoms with Crippen molar-refractivity contribution < 1.29 is 47.9 Å². The fourth-order valence-electron chi connectivity index (χ4n) is 4.56. The number of aliphatic hydroxyl groups excluding tert-OH is 1. The molecule has 3 rings (SSSR count). The summed E-state index contributed by atoms with van der Waals surface area (Å²) >= 11 is 0. The lowest BCUT2D eigenvalue weighted by Gasteiger charge is -2.30. The van der Waals surface area contributed by atoms with Crippen molar-refractivity contribution >= 4 is 18.1 Å². The fraction of sp³-hybridized carbons (Fsp3) is 0.700. The predicted molar refractivity (Wildman–Crippen MR) is 155 cm³/mol. The maximum Gasteiger partial charge on any atom is 0.411 e. The molecule has 43 heavy (non-hydrogen) atoms. The molecule has 2 unspecified atom stereocenters. The minimum absolute atomic E-state index is 0.305. The molecule has 0 saturated carbocycles. The maximum absolute atomic E-state index is 12.4. The average Bonchev–Trinajstić information content (AvgIpc) is 3.33. The molecule has 2 fully saturated rings. The predicted octanol–water partition coefficient (Wildman–Crippen LogP) is 2.30. The molecule has 0 bridgehead atoms. The number of hydrogen-bond acceptors (Lipinski definition) is 10. The van der Waals surface area contributed by atoms with Gasteiger partial charge in [0.15, 0.2) is 0 Å². The molecule has 3 amide bonds. The minimum atomic E-state index is -0.859. The molecule has 1 aromatic rings. The molecule has 242 valence electrons. The van der Waals surface area contributed by atoms with Crippen molar-refractivity contribution in [2.45, 2.75) is 70.4 Å². The monoisotopic (exact) mass is 609 g/mol. The van der Waals surface area contributed by atoms with Gasteiger partial charge in [0.1, 0.15) is 24.0 Å². The van der Waals surface area contributed by atoms with Crippen molar-refractivity contribution in [3.8, 4) is 0 Å². The Kier molecular flexibility index (Phi) is 14.4. The van der Waals surface area contributed by atoms with Crippen LogP contribution in [0.3, 0.4) is 0 Å². The lowest BCUT2D eigenvalue weighted by Crippen LogP contribution is -2.54. The number of aryl methyl sites for hydroxylation is 1. The molecule has 0 spiro atoms. The van der Waals surface area contributed by atoms with Gasteiger partial charge in [0.25, 0.3) is 0 Å². The molecule has 0 radical (unpaired) electrons. The van der Waals surface area contributed by atoms with Gasteiger partial charge in [0.05, 0.1) is 52.8 Å². The second-order valence-corrected chi connectivity index (χ2v) is 11.4. The number of rotatable bonds is 18. The van der Waals surface area contributed by atoms with E-state index in [1.165, 1.54) is 4.90 Å². The fourth-order valence-corrected chi connectivity index (χ4v) is 4.56. The molecule has 1 aromatic carbocycles. The van der Waals surface area contributed by atoms with E-state index < -0.39 is 36.2 Å². The van der Waals surface area contributed by atoms with Crippen LogP contribution < -0.4 is 10.6 Å². The van der Waals surface area contributed by atoms with Crippen molar-refractivity contribution in [2.75, 3.05) is 65.9 Å². The summed E-state index contributed by atoms with van der Waals surface area (Å²) < 4.78 is 32.7. The van der Waals surface area contributed by atoms with Gasteiger partial charge in [-0.3, -0.25) is 9.69 Å². The van der Waals surface area contributed by atoms with Crippen LogP contribution in [0, 0.1) is 0 Å². The number of carbonyl (C=O) groups is 3. The number of carbonyl (C=O) groups excluding carboxylic acids is 3. The Morgan fingerprint density at radius 3 is 2.16 bits per heavy atom. The van der Waals surface area contributed by atoms with Gasteiger partial charge in [-0.25, -0.2) is 9.59 Å². The largest absolute Gasteiger partial charge is 0.444 e. The molecular formula is C30H47N3O10. The highest BCUT2D eigenvalue weighted by Gasteiger charge is 2.41. The standard InChI is InChI=1S/C30H47N3O10/c1-30(2,3)43-28(36)31-12-14-39-16-18-41-20-19-40-17-15-38-13-4-5-22-6-8-23(9-7-22)25-21-33(29(37)42-25)24-10-11-26(34)32-27(24)35/h6-9,24-26,34H,4-5,10-21H2,1-3H3,(H,31,36)(H,32,35)/t24?,25-,26?/m1/s1. The molecule has 13 nitrogen and oxygen atoms in total. The highest BCUT2D eigenvalue weighted by atomic mass is 16.6. The third-order valence-electron chi connectivity index (χ3n) is 6.68. The first-order chi connectivity index (χ1) is 20.6. The number of ether oxygens (including phenoxy) is 6. The summed E-state index contributed by atoms with van der Waals surface area (Å²) in [5.74, 6) is -0.351. The van der Waals surface area contributed by atoms with Gasteiger partial charge in [-0.1, -0.05) is 24.3 Å². The summed E-state index contributed by atoms with van der Waals surface area (Å²) in [7, 11) is 0. The molecule has 0 aromatic heterocycles. The second-order valence-electron chi connectivity index (χ2n) is 11.4. The lowest BCUT2D eigenvalue weighted by atomic mass is 10.0. The zero-order valence-corrected chi connectivity index (χ0v) is 25.5. The second kappa shape index (κ2) is 18.0. The maximum atomic E-state index is 12.4. The molecule has 3 N–H and O–H groups in total. The summed E-state index contributed by atoms with van der Waals surface area (Å²) in [6.45, 7) is 9.93. The van der Waals surface area contributed by atoms with E-state index in [0.717, 1.165) is 24.0 Å². The van der Waals surface area contributed by atoms with Gasteiger partial charge in [-0.05, 0) is 57.6 Å². The van der Waals surface area contributed by atoms with E-state index in [2.05, 4.69) is 10.6 Å². The van der Waals surface area contributed by atoms with Crippen molar-refractivity contribution in [3.05, 3.63) is 35.4 Å². The van der Waals surface area contributed by atoms with Gasteiger partial charge < -0.3 is 44.2 Å². The minimum Gasteiger partial charge on any atom is -0.444 e. The van der Waals surface area contributed by atoms with Gasteiger partial charge in [-0.15, -0.1) is 0 Å². The molecular weight excluding hydrogens is 562 g/mol. The Morgan fingerprint density at radius 2 is 1.56 bits per heavy atom. The Morgan fingerprint density at radius 1 is 0.953 bits per heavy atom. The van der Waals surface area contributed by atoms with E-state index in [4.69, 9.17) is 28.4 Å². The molecule has 3 atom stereocenters. The summed E-state index contributed by atoms with van der Waals surface area (Å²) in [5.41, 5.74) is 1.52. The Hall–Kier alpha value is -2.97. The van der Waals surface area contributed by atoms with E-state index in [1.807, 2.05) is 45.0 Å². The SMILES string of the molecule is CC(C)(C)OC(=O)NCCOCCOCCOCCOCCCc1ccc([C@H]2CN(C3CCC(O)NC3=O)C(=O)O2)cc1. The van der Waals surface area contributed by atoms with Crippen molar-refractivity contribution in [2.24, 2.45) is 0 Å². The number of alkyl carbamates (subject to hydrolysis) is 1. The zero-order valence-electron chi connectivity index (χ0n) is 25.5. The Bertz CT molecular complexity index is 1000. The van der Waals surface area contributed by atoms with Crippen LogP contribution in [0.4, 0.5) is 9.59 Å². The number of piperidine rings is 1. The third-order valence-corrected chi connectivity index (χ3v) is 6.68. The zero-order chi connectivity index (χ0) is 31.1. The lowest BCUT2D eigenvalue weighted by molar-refractivity contribution is -0.131. The van der Waals surface area contributed by atoms with Crippen LogP contribution in [0.2, 0.25) is 0 Å². The summed E-state index contributed by atoms with van der Waals surface area (Å²) in [6.07, 6.45) is 0.284. The van der Waals surface area contributed by atoms with Crippen LogP contribution in [0.25, 0.3) is 0 Å². The quantitative estimate of drug-likeness (QED) is 0.211. The van der Waals surface area contributed by atoms with Crippen LogP contribution in [-0.4, -0.2) is 112 Å². The van der Waals surface area contributed by atoms with Gasteiger partial charge in [0.2, 0.25) is 5.91 Å². The van der Waals surface area contributed by atoms with Crippen molar-refractivity contribution in [1.82, 2.24) is 15.5 Å². The van der Waals surface area contributed by atoms with E-state index >= 15 is 0 Å². The summed E-state index contributed by atoms with van der Waals surface area (Å²) in [4.78, 5) is 37.5. The van der Waals surface area contributed by atoms with Gasteiger partial charge >= 0.3 is 12.2 Å². The first-order valence-electron chi connectivity index (χ1n) is 14.9. The first-order valence-corrected chi connectivity index (χ1v) is 14.9. The third kappa shape index (κ3) is 13.1. The van der Waals surface area contributed by atoms with Crippen LogP contribution in [0.5, 0.6) is 0 Å². The number of aliphatic hydroxyl groups is 1. The van der Waals surface area contributed by atoms with Gasteiger partial charge in [-0.2, -0.15) is 0 Å². The summed E-state index contributed by atoms with van der Waals surface area (Å²) in [5, 5.41) is 14.7. The molecule has 2 aliphatic rings. The van der Waals surface area contributed by atoms with E-state index in [9.17, 15) is 19.5 Å². The van der Waals surface area contributed by atoms with Gasteiger partial charge in [0, 0.05) is 13.2 Å². The molecule has 2 aliphatic heterocycles. The van der Waals surface area contributed by atoms with Crippen LogP contribution in [0.1, 0.15) is 57.3 Å². The van der Waals surface area contributed by atoms with Crippen LogP contribution >= 0.6 is 0 Å². The highest BCUT2D eigenvalue weighted by Crippen LogP contribution is 2.30. The van der Waals surface area contributed by atoms with E-state index in [0.29, 0.717) is 78.8 Å². The first kappa shape index (κ1) is 34.5. The summed E-state index contributed by atoms with van der Waals surface area (Å²) in [6, 6.07) is 7.33. The number of amides is 3.